The number of nitrogens with zero attached hydrogens (tertiary/aromatic N) is 2. The largest absolute Gasteiger partial charge is 0.469 e. The fraction of sp³-hybridized carbons (Fsp3) is 0.562. The maximum atomic E-state index is 11.5. The first kappa shape index (κ1) is 15.0. The molecular formula is C16H24N2O2. The molecular weight excluding hydrogens is 252 g/mol. The van der Waals surface area contributed by atoms with Gasteiger partial charge in [-0.15, -0.1) is 0 Å². The van der Waals surface area contributed by atoms with Gasteiger partial charge in [-0.3, -0.25) is 9.69 Å². The fourth-order valence-electron chi connectivity index (χ4n) is 2.74. The molecule has 1 heterocycles. The maximum absolute atomic E-state index is 11.5. The van der Waals surface area contributed by atoms with Gasteiger partial charge in [-0.1, -0.05) is 24.3 Å². The lowest BCUT2D eigenvalue weighted by molar-refractivity contribution is -0.139. The second-order valence-corrected chi connectivity index (χ2v) is 5.60. The van der Waals surface area contributed by atoms with Crippen molar-refractivity contribution in [1.29, 1.82) is 0 Å². The van der Waals surface area contributed by atoms with E-state index in [4.69, 9.17) is 4.74 Å². The van der Waals surface area contributed by atoms with Gasteiger partial charge in [0.2, 0.25) is 0 Å². The molecule has 0 radical (unpaired) electrons. The Kier molecular flexibility index (Phi) is 5.15. The van der Waals surface area contributed by atoms with Gasteiger partial charge < -0.3 is 9.64 Å². The predicted octanol–water partition coefficient (Wildman–Crippen LogP) is 1.54. The van der Waals surface area contributed by atoms with Crippen molar-refractivity contribution in [3.63, 3.8) is 0 Å². The third-order valence-electron chi connectivity index (χ3n) is 4.02. The molecule has 0 aliphatic carbocycles. The van der Waals surface area contributed by atoms with Gasteiger partial charge in [-0.25, -0.2) is 0 Å². The summed E-state index contributed by atoms with van der Waals surface area (Å²) in [5.74, 6) is -0.177. The van der Waals surface area contributed by atoms with Gasteiger partial charge in [0.15, 0.2) is 0 Å². The van der Waals surface area contributed by atoms with Crippen LogP contribution < -0.4 is 0 Å². The molecule has 2 rings (SSSR count). The highest BCUT2D eigenvalue weighted by Gasteiger charge is 2.22. The molecule has 0 bridgehead atoms. The molecule has 0 amide bonds. The van der Waals surface area contributed by atoms with Gasteiger partial charge in [0.25, 0.3) is 0 Å². The monoisotopic (exact) mass is 276 g/mol. The minimum atomic E-state index is -0.177. The van der Waals surface area contributed by atoms with Gasteiger partial charge in [-0.05, 0) is 25.1 Å². The number of methoxy groups -OCH3 is 1. The van der Waals surface area contributed by atoms with E-state index in [-0.39, 0.29) is 5.97 Å². The van der Waals surface area contributed by atoms with Crippen LogP contribution in [0.5, 0.6) is 0 Å². The van der Waals surface area contributed by atoms with Crippen LogP contribution >= 0.6 is 0 Å². The molecule has 1 fully saturated rings. The van der Waals surface area contributed by atoms with Gasteiger partial charge in [0.1, 0.15) is 0 Å². The molecule has 1 unspecified atom stereocenters. The van der Waals surface area contributed by atoms with Crippen LogP contribution in [0.4, 0.5) is 0 Å². The van der Waals surface area contributed by atoms with E-state index >= 15 is 0 Å². The van der Waals surface area contributed by atoms with E-state index in [0.717, 1.165) is 31.7 Å². The third kappa shape index (κ3) is 3.81. The van der Waals surface area contributed by atoms with E-state index in [1.807, 2.05) is 18.2 Å². The molecule has 1 aliphatic heterocycles. The van der Waals surface area contributed by atoms with Crippen molar-refractivity contribution in [3.8, 4) is 0 Å². The van der Waals surface area contributed by atoms with Crippen molar-refractivity contribution in [2.45, 2.75) is 25.9 Å². The van der Waals surface area contributed by atoms with Crippen molar-refractivity contribution >= 4 is 5.97 Å². The smallest absolute Gasteiger partial charge is 0.309 e. The zero-order valence-corrected chi connectivity index (χ0v) is 12.6. The lowest BCUT2D eigenvalue weighted by Crippen LogP contribution is -2.49. The number of hydrogen-bond donors (Lipinski definition) is 0. The number of benzene rings is 1. The standard InChI is InChI=1S/C16H24N2O2/c1-13-11-17(2)8-9-18(13)12-15-7-5-4-6-14(15)10-16(19)20-3/h4-7,13H,8-12H2,1-3H3. The lowest BCUT2D eigenvalue weighted by Gasteiger charge is -2.38. The normalized spacial score (nSPS) is 20.9. The maximum Gasteiger partial charge on any atom is 0.309 e. The Labute approximate surface area is 121 Å². The molecule has 0 saturated carbocycles. The first-order chi connectivity index (χ1) is 9.60. The van der Waals surface area contributed by atoms with Crippen LogP contribution in [-0.4, -0.2) is 55.6 Å². The molecule has 1 aromatic rings. The minimum Gasteiger partial charge on any atom is -0.469 e. The third-order valence-corrected chi connectivity index (χ3v) is 4.02. The van der Waals surface area contributed by atoms with Crippen LogP contribution in [0.15, 0.2) is 24.3 Å². The average Bonchev–Trinajstić information content (AvgIpc) is 2.43. The summed E-state index contributed by atoms with van der Waals surface area (Å²) in [5, 5.41) is 0. The number of ether oxygens (including phenoxy) is 1. The van der Waals surface area contributed by atoms with Crippen LogP contribution in [0.2, 0.25) is 0 Å². The number of hydrogen-bond acceptors (Lipinski definition) is 4. The van der Waals surface area contributed by atoms with Crippen molar-refractivity contribution in [1.82, 2.24) is 9.80 Å². The quantitative estimate of drug-likeness (QED) is 0.781. The minimum absolute atomic E-state index is 0.177. The summed E-state index contributed by atoms with van der Waals surface area (Å²) in [5.41, 5.74) is 2.31. The number of likely N-dealkylation sites (N-methyl/N-ethyl adjacent to an activating group) is 1. The fourth-order valence-corrected chi connectivity index (χ4v) is 2.74. The van der Waals surface area contributed by atoms with Gasteiger partial charge in [-0.2, -0.15) is 0 Å². The van der Waals surface area contributed by atoms with Crippen molar-refractivity contribution in [2.24, 2.45) is 0 Å². The first-order valence-electron chi connectivity index (χ1n) is 7.16. The van der Waals surface area contributed by atoms with Gasteiger partial charge >= 0.3 is 5.97 Å². The first-order valence-corrected chi connectivity index (χ1v) is 7.16. The summed E-state index contributed by atoms with van der Waals surface area (Å²) in [6.07, 6.45) is 0.356. The van der Waals surface area contributed by atoms with Crippen LogP contribution in [0.3, 0.4) is 0 Å². The highest BCUT2D eigenvalue weighted by atomic mass is 16.5. The molecule has 1 saturated heterocycles. The summed E-state index contributed by atoms with van der Waals surface area (Å²) in [7, 11) is 3.60. The molecule has 1 aliphatic rings. The number of esters is 1. The molecule has 1 aromatic carbocycles. The Balaban J connectivity index is 2.07. The Bertz CT molecular complexity index is 462. The number of carbonyl (C=O) groups excluding carboxylic acids is 1. The van der Waals surface area contributed by atoms with Gasteiger partial charge in [0, 0.05) is 32.2 Å². The average molecular weight is 276 g/mol. The highest BCUT2D eigenvalue weighted by molar-refractivity contribution is 5.72. The van der Waals surface area contributed by atoms with Crippen LogP contribution in [-0.2, 0) is 22.5 Å². The molecule has 110 valence electrons. The summed E-state index contributed by atoms with van der Waals surface area (Å²) >= 11 is 0. The molecule has 4 heteroatoms. The van der Waals surface area contributed by atoms with E-state index in [1.165, 1.54) is 12.7 Å². The molecule has 0 spiro atoms. The second kappa shape index (κ2) is 6.86. The zero-order chi connectivity index (χ0) is 14.5. The van der Waals surface area contributed by atoms with E-state index in [1.54, 1.807) is 0 Å². The molecule has 4 nitrogen and oxygen atoms in total. The topological polar surface area (TPSA) is 32.8 Å². The Hall–Kier alpha value is -1.39. The number of carbonyl (C=O) groups is 1. The summed E-state index contributed by atoms with van der Waals surface area (Å²) in [6, 6.07) is 8.70. The highest BCUT2D eigenvalue weighted by Crippen LogP contribution is 2.17. The molecule has 0 aromatic heterocycles. The molecule has 0 N–H and O–H groups in total. The summed E-state index contributed by atoms with van der Waals surface area (Å²) in [6.45, 7) is 6.44. The number of rotatable bonds is 4. The predicted molar refractivity (Wildman–Crippen MR) is 79.5 cm³/mol. The van der Waals surface area contributed by atoms with Gasteiger partial charge in [0.05, 0.1) is 13.5 Å². The van der Waals surface area contributed by atoms with E-state index in [0.29, 0.717) is 12.5 Å². The summed E-state index contributed by atoms with van der Waals surface area (Å²) < 4.78 is 4.78. The van der Waals surface area contributed by atoms with Crippen LogP contribution in [0, 0.1) is 0 Å². The Morgan fingerprint density at radius 1 is 1.30 bits per heavy atom. The molecule has 20 heavy (non-hydrogen) atoms. The van der Waals surface area contributed by atoms with Crippen LogP contribution in [0.25, 0.3) is 0 Å². The van der Waals surface area contributed by atoms with Crippen molar-refractivity contribution < 1.29 is 9.53 Å². The van der Waals surface area contributed by atoms with Crippen molar-refractivity contribution in [3.05, 3.63) is 35.4 Å². The van der Waals surface area contributed by atoms with E-state index in [9.17, 15) is 4.79 Å². The zero-order valence-electron chi connectivity index (χ0n) is 12.6. The Morgan fingerprint density at radius 3 is 2.65 bits per heavy atom. The van der Waals surface area contributed by atoms with E-state index < -0.39 is 0 Å². The molecule has 1 atom stereocenters. The SMILES string of the molecule is COC(=O)Cc1ccccc1CN1CCN(C)CC1C. The number of piperazine rings is 1. The van der Waals surface area contributed by atoms with E-state index in [2.05, 4.69) is 29.8 Å². The van der Waals surface area contributed by atoms with Crippen LogP contribution in [0.1, 0.15) is 18.1 Å². The lowest BCUT2D eigenvalue weighted by atomic mass is 10.0. The van der Waals surface area contributed by atoms with Crippen molar-refractivity contribution in [2.75, 3.05) is 33.8 Å². The summed E-state index contributed by atoms with van der Waals surface area (Å²) in [4.78, 5) is 16.3. The second-order valence-electron chi connectivity index (χ2n) is 5.60. The Morgan fingerprint density at radius 2 is 2.00 bits per heavy atom.